The fourth-order valence-electron chi connectivity index (χ4n) is 0.237. The van der Waals surface area contributed by atoms with Crippen LogP contribution in [-0.2, 0) is 0 Å². The van der Waals surface area contributed by atoms with Crippen LogP contribution in [0, 0.1) is 0 Å². The van der Waals surface area contributed by atoms with Gasteiger partial charge in [-0.15, -0.1) is 0 Å². The van der Waals surface area contributed by atoms with E-state index in [4.69, 9.17) is 0 Å². The van der Waals surface area contributed by atoms with Crippen molar-refractivity contribution in [3.05, 3.63) is 24.8 Å². The van der Waals surface area contributed by atoms with Crippen LogP contribution in [0.3, 0.4) is 0 Å². The SMILES string of the molecule is C=C(F)C(F)(F)C(F)F.C=C(F)C(F)(F)C(F)F. The lowest BCUT2D eigenvalue weighted by molar-refractivity contribution is -0.112. The van der Waals surface area contributed by atoms with Crippen molar-refractivity contribution >= 4 is 0 Å². The first-order valence-electron chi connectivity index (χ1n) is 3.79. The molecule has 0 amide bonds. The van der Waals surface area contributed by atoms with Crippen molar-refractivity contribution < 1.29 is 43.9 Å². The van der Waals surface area contributed by atoms with Crippen molar-refractivity contribution in [3.63, 3.8) is 0 Å². The highest BCUT2D eigenvalue weighted by Gasteiger charge is 2.45. The van der Waals surface area contributed by atoms with Crippen molar-refractivity contribution in [1.29, 1.82) is 0 Å². The molecule has 0 nitrogen and oxygen atoms in total. The van der Waals surface area contributed by atoms with Crippen molar-refractivity contribution in [2.45, 2.75) is 24.7 Å². The Balaban J connectivity index is 0. The quantitative estimate of drug-likeness (QED) is 0.656. The molecule has 0 unspecified atom stereocenters. The third-order valence-corrected chi connectivity index (χ3v) is 1.27. The van der Waals surface area contributed by atoms with Gasteiger partial charge in [-0.2, -0.15) is 17.6 Å². The fourth-order valence-corrected chi connectivity index (χ4v) is 0.237. The summed E-state index contributed by atoms with van der Waals surface area (Å²) in [6.07, 6.45) is -8.04. The Hall–Kier alpha value is -1.22. The number of hydrogen-bond donors (Lipinski definition) is 0. The number of alkyl halides is 8. The second kappa shape index (κ2) is 6.64. The van der Waals surface area contributed by atoms with Crippen LogP contribution in [0.25, 0.3) is 0 Å². The van der Waals surface area contributed by atoms with E-state index in [0.29, 0.717) is 0 Å². The van der Waals surface area contributed by atoms with Crippen molar-refractivity contribution in [2.75, 3.05) is 0 Å². The van der Waals surface area contributed by atoms with Crippen LogP contribution in [0.15, 0.2) is 24.8 Å². The summed E-state index contributed by atoms with van der Waals surface area (Å²) in [5.41, 5.74) is 0. The monoisotopic (exact) mass is 292 g/mol. The average Bonchev–Trinajstić information content (AvgIpc) is 2.17. The van der Waals surface area contributed by atoms with Crippen LogP contribution >= 0.6 is 0 Å². The molecule has 0 aliphatic heterocycles. The number of rotatable bonds is 4. The van der Waals surface area contributed by atoms with Gasteiger partial charge < -0.3 is 0 Å². The molecule has 0 aliphatic carbocycles. The normalized spacial score (nSPS) is 12.2. The Kier molecular flexibility index (Phi) is 7.06. The van der Waals surface area contributed by atoms with Gasteiger partial charge >= 0.3 is 24.7 Å². The van der Waals surface area contributed by atoms with E-state index in [2.05, 4.69) is 13.2 Å². The van der Waals surface area contributed by atoms with E-state index in [9.17, 15) is 43.9 Å². The van der Waals surface area contributed by atoms with Gasteiger partial charge in [0.2, 0.25) is 0 Å². The molecule has 0 aromatic rings. The number of allylic oxidation sites excluding steroid dienone is 2. The maximum absolute atomic E-state index is 11.4. The Bertz CT molecular complexity index is 262. The minimum Gasteiger partial charge on any atom is -0.206 e. The molecule has 108 valence electrons. The van der Waals surface area contributed by atoms with Gasteiger partial charge in [0, 0.05) is 0 Å². The minimum absolute atomic E-state index is 2.05. The lowest BCUT2D eigenvalue weighted by Crippen LogP contribution is -2.26. The molecule has 0 saturated heterocycles. The first kappa shape index (κ1) is 19.1. The Morgan fingerprint density at radius 1 is 0.667 bits per heavy atom. The molecular weight excluding hydrogens is 286 g/mol. The highest BCUT2D eigenvalue weighted by atomic mass is 19.3. The van der Waals surface area contributed by atoms with Crippen LogP contribution in [0.1, 0.15) is 0 Å². The molecule has 0 spiro atoms. The summed E-state index contributed by atoms with van der Waals surface area (Å²) in [5, 5.41) is 0. The molecule has 0 aliphatic rings. The first-order chi connectivity index (χ1) is 7.77. The van der Waals surface area contributed by atoms with E-state index in [1.54, 1.807) is 0 Å². The largest absolute Gasteiger partial charge is 0.357 e. The summed E-state index contributed by atoms with van der Waals surface area (Å²) >= 11 is 0. The first-order valence-corrected chi connectivity index (χ1v) is 3.79. The minimum atomic E-state index is -4.69. The topological polar surface area (TPSA) is 0 Å². The summed E-state index contributed by atoms with van der Waals surface area (Å²) in [6, 6.07) is 0. The van der Waals surface area contributed by atoms with Crippen LogP contribution < -0.4 is 0 Å². The predicted molar refractivity (Wildman–Crippen MR) is 42.4 cm³/mol. The van der Waals surface area contributed by atoms with E-state index < -0.39 is 36.3 Å². The molecule has 0 bridgehead atoms. The van der Waals surface area contributed by atoms with E-state index in [-0.39, 0.29) is 0 Å². The number of halogens is 10. The summed E-state index contributed by atoms with van der Waals surface area (Å²) < 4.78 is 112. The zero-order valence-corrected chi connectivity index (χ0v) is 8.35. The molecular formula is C8H6F10. The molecule has 0 radical (unpaired) electrons. The maximum Gasteiger partial charge on any atom is 0.357 e. The van der Waals surface area contributed by atoms with E-state index in [1.165, 1.54) is 0 Å². The molecule has 0 aromatic carbocycles. The van der Waals surface area contributed by atoms with Gasteiger partial charge in [0.1, 0.15) is 0 Å². The van der Waals surface area contributed by atoms with Crippen molar-refractivity contribution in [1.82, 2.24) is 0 Å². The smallest absolute Gasteiger partial charge is 0.206 e. The zero-order valence-electron chi connectivity index (χ0n) is 8.35. The average molecular weight is 292 g/mol. The van der Waals surface area contributed by atoms with E-state index >= 15 is 0 Å². The third kappa shape index (κ3) is 5.41. The van der Waals surface area contributed by atoms with Gasteiger partial charge in [-0.25, -0.2) is 26.3 Å². The van der Waals surface area contributed by atoms with Crippen LogP contribution in [0.4, 0.5) is 43.9 Å². The molecule has 18 heavy (non-hydrogen) atoms. The lowest BCUT2D eigenvalue weighted by Gasteiger charge is -2.10. The molecule has 10 heteroatoms. The van der Waals surface area contributed by atoms with Crippen molar-refractivity contribution in [2.24, 2.45) is 0 Å². The van der Waals surface area contributed by atoms with Gasteiger partial charge in [-0.3, -0.25) is 0 Å². The Morgan fingerprint density at radius 2 is 0.833 bits per heavy atom. The summed E-state index contributed by atoms with van der Waals surface area (Å²) in [4.78, 5) is 0. The van der Waals surface area contributed by atoms with E-state index in [0.717, 1.165) is 0 Å². The van der Waals surface area contributed by atoms with E-state index in [1.807, 2.05) is 0 Å². The van der Waals surface area contributed by atoms with Gasteiger partial charge in [-0.05, 0) is 0 Å². The third-order valence-electron chi connectivity index (χ3n) is 1.27. The maximum atomic E-state index is 11.4. The highest BCUT2D eigenvalue weighted by Crippen LogP contribution is 2.30. The highest BCUT2D eigenvalue weighted by molar-refractivity contribution is 4.99. The Labute approximate surface area is 94.6 Å². The van der Waals surface area contributed by atoms with Gasteiger partial charge in [0.25, 0.3) is 0 Å². The van der Waals surface area contributed by atoms with Crippen LogP contribution in [0.5, 0.6) is 0 Å². The second-order valence-corrected chi connectivity index (χ2v) is 2.66. The molecule has 0 rings (SSSR count). The molecule has 0 fully saturated rings. The molecule has 0 atom stereocenters. The molecule has 0 N–H and O–H groups in total. The van der Waals surface area contributed by atoms with Gasteiger partial charge in [0.15, 0.2) is 11.7 Å². The van der Waals surface area contributed by atoms with Crippen LogP contribution in [0.2, 0.25) is 0 Å². The molecule has 0 saturated carbocycles. The fraction of sp³-hybridized carbons (Fsp3) is 0.500. The van der Waals surface area contributed by atoms with Gasteiger partial charge in [0.05, 0.1) is 0 Å². The lowest BCUT2D eigenvalue weighted by atomic mass is 10.3. The Morgan fingerprint density at radius 3 is 0.833 bits per heavy atom. The zero-order chi connectivity index (χ0) is 15.3. The predicted octanol–water partition coefficient (Wildman–Crippen LogP) is 4.74. The van der Waals surface area contributed by atoms with Crippen molar-refractivity contribution in [3.8, 4) is 0 Å². The van der Waals surface area contributed by atoms with Gasteiger partial charge in [-0.1, -0.05) is 13.2 Å². The van der Waals surface area contributed by atoms with Crippen LogP contribution in [-0.4, -0.2) is 24.7 Å². The molecule has 0 aromatic heterocycles. The summed E-state index contributed by atoms with van der Waals surface area (Å²) in [7, 11) is 0. The molecule has 0 heterocycles. The summed E-state index contributed by atoms with van der Waals surface area (Å²) in [6.45, 7) is 4.10. The number of hydrogen-bond acceptors (Lipinski definition) is 0. The summed E-state index contributed by atoms with van der Waals surface area (Å²) in [5.74, 6) is -14.0. The second-order valence-electron chi connectivity index (χ2n) is 2.66. The standard InChI is InChI=1S/2C4H3F5/c2*1-2(5)4(8,9)3(6)7/h2*3H,1H2.